The van der Waals surface area contributed by atoms with Gasteiger partial charge in [-0.25, -0.2) is 0 Å². The van der Waals surface area contributed by atoms with Crippen molar-refractivity contribution in [2.24, 2.45) is 11.7 Å². The van der Waals surface area contributed by atoms with Gasteiger partial charge in [-0.15, -0.1) is 0 Å². The van der Waals surface area contributed by atoms with Crippen LogP contribution in [0.25, 0.3) is 0 Å². The van der Waals surface area contributed by atoms with Gasteiger partial charge in [0.15, 0.2) is 0 Å². The fourth-order valence-electron chi connectivity index (χ4n) is 3.29. The topological polar surface area (TPSA) is 66.6 Å². The first-order valence-corrected chi connectivity index (χ1v) is 6.41. The Morgan fingerprint density at radius 3 is 2.62 bits per heavy atom. The van der Waals surface area contributed by atoms with Gasteiger partial charge in [0.25, 0.3) is 0 Å². The van der Waals surface area contributed by atoms with E-state index in [0.717, 1.165) is 12.5 Å². The zero-order valence-electron chi connectivity index (χ0n) is 9.77. The molecular formula is C12H22N2O2. The second-order valence-corrected chi connectivity index (χ2v) is 5.19. The third kappa shape index (κ3) is 2.55. The standard InChI is InChI=1S/C12H22N2O2/c13-10(12(15)16)8-14-7-3-6-11(14)9-4-1-2-5-9/h9-11H,1-8,13H2,(H,15,16). The van der Waals surface area contributed by atoms with Crippen molar-refractivity contribution in [3.63, 3.8) is 0 Å². The summed E-state index contributed by atoms with van der Waals surface area (Å²) >= 11 is 0. The van der Waals surface area contributed by atoms with Gasteiger partial charge in [0.05, 0.1) is 0 Å². The fraction of sp³-hybridized carbons (Fsp3) is 0.917. The maximum absolute atomic E-state index is 10.8. The monoisotopic (exact) mass is 226 g/mol. The molecule has 2 unspecified atom stereocenters. The van der Waals surface area contributed by atoms with Gasteiger partial charge in [0, 0.05) is 12.6 Å². The van der Waals surface area contributed by atoms with Gasteiger partial charge in [-0.05, 0) is 38.1 Å². The molecule has 2 rings (SSSR count). The van der Waals surface area contributed by atoms with E-state index in [1.54, 1.807) is 0 Å². The molecule has 16 heavy (non-hydrogen) atoms. The summed E-state index contributed by atoms with van der Waals surface area (Å²) in [5.74, 6) is -0.0828. The fourth-order valence-corrected chi connectivity index (χ4v) is 3.29. The second kappa shape index (κ2) is 5.15. The molecule has 1 aliphatic heterocycles. The molecule has 3 N–H and O–H groups in total. The van der Waals surface area contributed by atoms with Crippen molar-refractivity contribution in [1.29, 1.82) is 0 Å². The molecule has 0 bridgehead atoms. The summed E-state index contributed by atoms with van der Waals surface area (Å²) in [7, 11) is 0. The summed E-state index contributed by atoms with van der Waals surface area (Å²) in [6, 6.07) is -0.116. The quantitative estimate of drug-likeness (QED) is 0.752. The first-order chi connectivity index (χ1) is 7.68. The van der Waals surface area contributed by atoms with Crippen LogP contribution in [0.4, 0.5) is 0 Å². The van der Waals surface area contributed by atoms with E-state index in [9.17, 15) is 4.79 Å². The maximum atomic E-state index is 10.8. The highest BCUT2D eigenvalue weighted by Gasteiger charge is 2.34. The number of likely N-dealkylation sites (tertiary alicyclic amines) is 1. The average Bonchev–Trinajstić information content (AvgIpc) is 2.85. The largest absolute Gasteiger partial charge is 0.480 e. The Bertz CT molecular complexity index is 251. The number of carbonyl (C=O) groups is 1. The van der Waals surface area contributed by atoms with Crippen LogP contribution in [0, 0.1) is 5.92 Å². The summed E-state index contributed by atoms with van der Waals surface area (Å²) in [6.45, 7) is 1.55. The highest BCUT2D eigenvalue weighted by Crippen LogP contribution is 2.35. The molecule has 1 aliphatic carbocycles. The smallest absolute Gasteiger partial charge is 0.321 e. The summed E-state index contributed by atoms with van der Waals surface area (Å²) in [5, 5.41) is 8.84. The normalized spacial score (nSPS) is 29.7. The Kier molecular flexibility index (Phi) is 3.82. The Morgan fingerprint density at radius 1 is 1.31 bits per heavy atom. The Balaban J connectivity index is 1.89. The van der Waals surface area contributed by atoms with Crippen molar-refractivity contribution in [3.8, 4) is 0 Å². The molecule has 4 nitrogen and oxygen atoms in total. The van der Waals surface area contributed by atoms with Crippen molar-refractivity contribution in [1.82, 2.24) is 4.90 Å². The predicted octanol–water partition coefficient (Wildman–Crippen LogP) is 1.05. The molecule has 0 aromatic rings. The lowest BCUT2D eigenvalue weighted by Gasteiger charge is -2.30. The van der Waals surface area contributed by atoms with Gasteiger partial charge in [0.1, 0.15) is 6.04 Å². The number of hydrogen-bond donors (Lipinski definition) is 2. The van der Waals surface area contributed by atoms with E-state index in [1.165, 1.54) is 38.5 Å². The molecule has 0 radical (unpaired) electrons. The van der Waals surface area contributed by atoms with Crippen LogP contribution in [-0.2, 0) is 4.79 Å². The zero-order chi connectivity index (χ0) is 11.5. The van der Waals surface area contributed by atoms with Crippen LogP contribution in [0.3, 0.4) is 0 Å². The SMILES string of the molecule is NC(CN1CCCC1C1CCCC1)C(=O)O. The molecule has 2 aliphatic rings. The Morgan fingerprint density at radius 2 is 2.00 bits per heavy atom. The van der Waals surface area contributed by atoms with Crippen molar-refractivity contribution in [3.05, 3.63) is 0 Å². The molecule has 92 valence electrons. The van der Waals surface area contributed by atoms with Crippen LogP contribution in [-0.4, -0.2) is 41.1 Å². The van der Waals surface area contributed by atoms with Gasteiger partial charge in [-0.1, -0.05) is 12.8 Å². The Hall–Kier alpha value is -0.610. The molecule has 1 saturated heterocycles. The highest BCUT2D eigenvalue weighted by molar-refractivity contribution is 5.73. The number of nitrogens with two attached hydrogens (primary N) is 1. The molecule has 0 spiro atoms. The molecule has 4 heteroatoms. The van der Waals surface area contributed by atoms with E-state index >= 15 is 0 Å². The lowest BCUT2D eigenvalue weighted by Crippen LogP contribution is -2.46. The van der Waals surface area contributed by atoms with Crippen LogP contribution in [0.15, 0.2) is 0 Å². The third-order valence-corrected chi connectivity index (χ3v) is 4.11. The van der Waals surface area contributed by atoms with Crippen molar-refractivity contribution in [2.75, 3.05) is 13.1 Å². The first-order valence-electron chi connectivity index (χ1n) is 6.41. The highest BCUT2D eigenvalue weighted by atomic mass is 16.4. The van der Waals surface area contributed by atoms with E-state index in [2.05, 4.69) is 4.90 Å². The van der Waals surface area contributed by atoms with E-state index < -0.39 is 12.0 Å². The van der Waals surface area contributed by atoms with E-state index in [-0.39, 0.29) is 0 Å². The predicted molar refractivity (Wildman–Crippen MR) is 62.2 cm³/mol. The molecule has 0 aromatic heterocycles. The van der Waals surface area contributed by atoms with Crippen LogP contribution in [0.5, 0.6) is 0 Å². The van der Waals surface area contributed by atoms with Crippen molar-refractivity contribution >= 4 is 5.97 Å². The van der Waals surface area contributed by atoms with Gasteiger partial charge in [-0.2, -0.15) is 0 Å². The zero-order valence-corrected chi connectivity index (χ0v) is 9.77. The van der Waals surface area contributed by atoms with Gasteiger partial charge in [0.2, 0.25) is 0 Å². The average molecular weight is 226 g/mol. The summed E-state index contributed by atoms with van der Waals surface area (Å²) in [4.78, 5) is 13.1. The van der Waals surface area contributed by atoms with Gasteiger partial charge in [-0.3, -0.25) is 9.69 Å². The first kappa shape index (κ1) is 11.9. The lowest BCUT2D eigenvalue weighted by molar-refractivity contribution is -0.139. The van der Waals surface area contributed by atoms with E-state index in [0.29, 0.717) is 12.6 Å². The Labute approximate surface area is 96.8 Å². The molecule has 2 atom stereocenters. The number of carboxylic acid groups (broad SMARTS) is 1. The van der Waals surface area contributed by atoms with Crippen molar-refractivity contribution < 1.29 is 9.90 Å². The maximum Gasteiger partial charge on any atom is 0.321 e. The summed E-state index contributed by atoms with van der Waals surface area (Å²) in [5.41, 5.74) is 5.62. The number of carboxylic acids is 1. The van der Waals surface area contributed by atoms with Gasteiger partial charge < -0.3 is 10.8 Å². The lowest BCUT2D eigenvalue weighted by atomic mass is 9.96. The number of aliphatic carboxylic acids is 1. The summed E-state index contributed by atoms with van der Waals surface area (Å²) < 4.78 is 0. The third-order valence-electron chi connectivity index (χ3n) is 4.11. The summed E-state index contributed by atoms with van der Waals surface area (Å²) in [6.07, 6.45) is 7.78. The molecule has 0 amide bonds. The van der Waals surface area contributed by atoms with Crippen LogP contribution in [0.2, 0.25) is 0 Å². The minimum absolute atomic E-state index is 0.524. The molecule has 2 fully saturated rings. The second-order valence-electron chi connectivity index (χ2n) is 5.19. The molecular weight excluding hydrogens is 204 g/mol. The van der Waals surface area contributed by atoms with Crippen LogP contribution in [0.1, 0.15) is 38.5 Å². The van der Waals surface area contributed by atoms with E-state index in [1.807, 2.05) is 0 Å². The van der Waals surface area contributed by atoms with Crippen LogP contribution >= 0.6 is 0 Å². The van der Waals surface area contributed by atoms with E-state index in [4.69, 9.17) is 10.8 Å². The molecule has 1 saturated carbocycles. The van der Waals surface area contributed by atoms with Gasteiger partial charge >= 0.3 is 5.97 Å². The van der Waals surface area contributed by atoms with Crippen molar-refractivity contribution in [2.45, 2.75) is 50.6 Å². The number of rotatable bonds is 4. The number of hydrogen-bond acceptors (Lipinski definition) is 3. The molecule has 0 aromatic carbocycles. The molecule has 1 heterocycles. The minimum Gasteiger partial charge on any atom is -0.480 e. The minimum atomic E-state index is -0.878. The van der Waals surface area contributed by atoms with Crippen LogP contribution < -0.4 is 5.73 Å². The number of nitrogens with zero attached hydrogens (tertiary/aromatic N) is 1.